The molecule has 1 aliphatic rings. The molecule has 1 saturated heterocycles. The van der Waals surface area contributed by atoms with Gasteiger partial charge in [0.05, 0.1) is 12.6 Å². The quantitative estimate of drug-likeness (QED) is 0.556. The van der Waals surface area contributed by atoms with Gasteiger partial charge in [0.2, 0.25) is 0 Å². The normalized spacial score (nSPS) is 18.2. The Balaban J connectivity index is 1.73. The Morgan fingerprint density at radius 2 is 1.59 bits per heavy atom. The minimum absolute atomic E-state index is 0.0401. The van der Waals surface area contributed by atoms with Crippen molar-refractivity contribution in [2.45, 2.75) is 26.1 Å². The summed E-state index contributed by atoms with van der Waals surface area (Å²) < 4.78 is 5.23. The molecule has 3 rings (SSSR count). The van der Waals surface area contributed by atoms with Gasteiger partial charge in [0.25, 0.3) is 0 Å². The maximum atomic E-state index is 12.3. The van der Waals surface area contributed by atoms with Crippen LogP contribution in [0, 0.1) is 0 Å². The number of carbonyl (C=O) groups excluding carboxylic acids is 1. The van der Waals surface area contributed by atoms with Crippen LogP contribution in [0.1, 0.15) is 18.1 Å². The van der Waals surface area contributed by atoms with Crippen LogP contribution in [-0.4, -0.2) is 48.1 Å². The van der Waals surface area contributed by atoms with Crippen LogP contribution in [0.3, 0.4) is 0 Å². The molecule has 0 saturated carbocycles. The Hall–Kier alpha value is -2.43. The van der Waals surface area contributed by atoms with Gasteiger partial charge in [-0.15, -0.1) is 0 Å². The van der Waals surface area contributed by atoms with Crippen molar-refractivity contribution in [3.8, 4) is 0 Å². The number of carbonyl (C=O) groups is 1. The molecular weight excluding hydrogens is 336 g/mol. The molecule has 1 unspecified atom stereocenters. The molecule has 142 valence electrons. The van der Waals surface area contributed by atoms with Gasteiger partial charge in [-0.1, -0.05) is 67.2 Å². The summed E-state index contributed by atoms with van der Waals surface area (Å²) in [7, 11) is 0. The maximum absolute atomic E-state index is 12.3. The maximum Gasteiger partial charge on any atom is 0.335 e. The smallest absolute Gasteiger partial charge is 0.335 e. The van der Waals surface area contributed by atoms with Crippen LogP contribution in [0.25, 0.3) is 0 Å². The molecule has 27 heavy (non-hydrogen) atoms. The highest BCUT2D eigenvalue weighted by Crippen LogP contribution is 2.21. The minimum Gasteiger partial charge on any atom is -0.463 e. The number of esters is 1. The van der Waals surface area contributed by atoms with E-state index in [2.05, 4.69) is 64.9 Å². The van der Waals surface area contributed by atoms with Gasteiger partial charge in [0.1, 0.15) is 0 Å². The van der Waals surface area contributed by atoms with E-state index < -0.39 is 0 Å². The van der Waals surface area contributed by atoms with Crippen LogP contribution in [0.15, 0.2) is 72.8 Å². The topological polar surface area (TPSA) is 32.8 Å². The average Bonchev–Trinajstić information content (AvgIpc) is 2.70. The number of nitrogens with zero attached hydrogens (tertiary/aromatic N) is 2. The number of ether oxygens (including phenoxy) is 1. The van der Waals surface area contributed by atoms with E-state index >= 15 is 0 Å². The minimum atomic E-state index is -0.290. The van der Waals surface area contributed by atoms with Crippen molar-refractivity contribution in [2.75, 3.05) is 26.2 Å². The van der Waals surface area contributed by atoms with Crippen LogP contribution in [-0.2, 0) is 22.6 Å². The summed E-state index contributed by atoms with van der Waals surface area (Å²) in [4.78, 5) is 17.1. The van der Waals surface area contributed by atoms with Crippen molar-refractivity contribution < 1.29 is 9.53 Å². The van der Waals surface area contributed by atoms with Crippen LogP contribution >= 0.6 is 0 Å². The summed E-state index contributed by atoms with van der Waals surface area (Å²) in [5.74, 6) is -0.290. The lowest BCUT2D eigenvalue weighted by molar-refractivity contribution is -0.139. The Labute approximate surface area is 162 Å². The van der Waals surface area contributed by atoms with E-state index in [9.17, 15) is 4.79 Å². The lowest BCUT2D eigenvalue weighted by atomic mass is 10.0. The summed E-state index contributed by atoms with van der Waals surface area (Å²) in [5.41, 5.74) is 3.08. The van der Waals surface area contributed by atoms with Gasteiger partial charge in [-0.2, -0.15) is 0 Å². The molecule has 2 aromatic rings. The number of piperazine rings is 1. The molecule has 0 aromatic heterocycles. The predicted molar refractivity (Wildman–Crippen MR) is 108 cm³/mol. The van der Waals surface area contributed by atoms with Crippen molar-refractivity contribution in [1.82, 2.24) is 9.80 Å². The zero-order chi connectivity index (χ0) is 19.1. The molecule has 1 heterocycles. The Kier molecular flexibility index (Phi) is 6.80. The predicted octanol–water partition coefficient (Wildman–Crippen LogP) is 3.49. The fourth-order valence-electron chi connectivity index (χ4n) is 3.56. The van der Waals surface area contributed by atoms with E-state index in [1.54, 1.807) is 0 Å². The summed E-state index contributed by atoms with van der Waals surface area (Å²) in [6, 6.07) is 20.8. The molecule has 4 nitrogen and oxygen atoms in total. The molecule has 2 aromatic carbocycles. The van der Waals surface area contributed by atoms with Gasteiger partial charge in [-0.3, -0.25) is 9.80 Å². The van der Waals surface area contributed by atoms with E-state index in [0.717, 1.165) is 32.7 Å². The highest BCUT2D eigenvalue weighted by atomic mass is 16.5. The van der Waals surface area contributed by atoms with E-state index in [0.29, 0.717) is 12.2 Å². The zero-order valence-electron chi connectivity index (χ0n) is 16.0. The molecule has 0 bridgehead atoms. The number of hydrogen-bond donors (Lipinski definition) is 0. The highest BCUT2D eigenvalue weighted by Gasteiger charge is 2.32. The molecule has 1 fully saturated rings. The highest BCUT2D eigenvalue weighted by molar-refractivity contribution is 5.89. The van der Waals surface area contributed by atoms with Gasteiger partial charge >= 0.3 is 5.97 Å². The van der Waals surface area contributed by atoms with Gasteiger partial charge < -0.3 is 4.74 Å². The van der Waals surface area contributed by atoms with E-state index in [1.807, 2.05) is 19.1 Å². The van der Waals surface area contributed by atoms with Crippen molar-refractivity contribution in [1.29, 1.82) is 0 Å². The molecule has 4 heteroatoms. The number of benzene rings is 2. The Morgan fingerprint density at radius 1 is 1.00 bits per heavy atom. The van der Waals surface area contributed by atoms with Crippen molar-refractivity contribution in [2.24, 2.45) is 0 Å². The van der Waals surface area contributed by atoms with Crippen LogP contribution in [0.5, 0.6) is 0 Å². The first kappa shape index (κ1) is 19.3. The number of rotatable bonds is 7. The Bertz CT molecular complexity index is 745. The van der Waals surface area contributed by atoms with Gasteiger partial charge in [-0.05, 0) is 18.1 Å². The lowest BCUT2D eigenvalue weighted by Crippen LogP contribution is -2.53. The fourth-order valence-corrected chi connectivity index (χ4v) is 3.56. The molecular formula is C23H28N2O2. The molecule has 0 N–H and O–H groups in total. The van der Waals surface area contributed by atoms with Gasteiger partial charge in [0.15, 0.2) is 0 Å². The van der Waals surface area contributed by atoms with Crippen molar-refractivity contribution >= 4 is 5.97 Å². The SMILES string of the molecule is C=C(C(=O)OCC)C1CN(Cc2ccccc2)CCN1Cc1ccccc1. The van der Waals surface area contributed by atoms with E-state index in [1.165, 1.54) is 11.1 Å². The van der Waals surface area contributed by atoms with E-state index in [-0.39, 0.29) is 12.0 Å². The molecule has 0 spiro atoms. The third-order valence-electron chi connectivity index (χ3n) is 4.99. The van der Waals surface area contributed by atoms with Crippen molar-refractivity contribution in [3.05, 3.63) is 83.9 Å². The van der Waals surface area contributed by atoms with Gasteiger partial charge in [0, 0.05) is 38.3 Å². The van der Waals surface area contributed by atoms with Crippen LogP contribution in [0.4, 0.5) is 0 Å². The molecule has 0 aliphatic carbocycles. The summed E-state index contributed by atoms with van der Waals surface area (Å²) in [6.45, 7) is 10.6. The first-order valence-corrected chi connectivity index (χ1v) is 9.57. The van der Waals surface area contributed by atoms with Gasteiger partial charge in [-0.25, -0.2) is 4.79 Å². The standard InChI is InChI=1S/C23H28N2O2/c1-3-27-23(26)19(2)22-18-24(16-20-10-6-4-7-11-20)14-15-25(22)17-21-12-8-5-9-13-21/h4-13,22H,2-3,14-18H2,1H3. The third kappa shape index (κ3) is 5.28. The molecule has 1 atom stereocenters. The summed E-state index contributed by atoms with van der Waals surface area (Å²) in [6.07, 6.45) is 0. The second-order valence-electron chi connectivity index (χ2n) is 6.94. The first-order chi connectivity index (χ1) is 13.2. The molecule has 1 aliphatic heterocycles. The first-order valence-electron chi connectivity index (χ1n) is 9.57. The van der Waals surface area contributed by atoms with Crippen LogP contribution < -0.4 is 0 Å². The number of hydrogen-bond acceptors (Lipinski definition) is 4. The average molecular weight is 364 g/mol. The lowest BCUT2D eigenvalue weighted by Gasteiger charge is -2.42. The summed E-state index contributed by atoms with van der Waals surface area (Å²) >= 11 is 0. The largest absolute Gasteiger partial charge is 0.463 e. The summed E-state index contributed by atoms with van der Waals surface area (Å²) in [5, 5.41) is 0. The second-order valence-corrected chi connectivity index (χ2v) is 6.94. The fraction of sp³-hybridized carbons (Fsp3) is 0.348. The van der Waals surface area contributed by atoms with Crippen LogP contribution in [0.2, 0.25) is 0 Å². The zero-order valence-corrected chi connectivity index (χ0v) is 16.0. The van der Waals surface area contributed by atoms with E-state index in [4.69, 9.17) is 4.74 Å². The Morgan fingerprint density at radius 3 is 2.19 bits per heavy atom. The second kappa shape index (κ2) is 9.49. The monoisotopic (exact) mass is 364 g/mol. The molecule has 0 amide bonds. The molecule has 0 radical (unpaired) electrons. The van der Waals surface area contributed by atoms with Crippen molar-refractivity contribution in [3.63, 3.8) is 0 Å². The third-order valence-corrected chi connectivity index (χ3v) is 4.99.